The van der Waals surface area contributed by atoms with E-state index in [4.69, 9.17) is 21.1 Å². The van der Waals surface area contributed by atoms with E-state index in [-0.39, 0.29) is 5.91 Å². The van der Waals surface area contributed by atoms with Gasteiger partial charge in [0.25, 0.3) is 5.91 Å². The fourth-order valence-corrected chi connectivity index (χ4v) is 3.48. The van der Waals surface area contributed by atoms with E-state index < -0.39 is 0 Å². The number of hydrogen-bond donors (Lipinski definition) is 1. The number of hydrogen-bond acceptors (Lipinski definition) is 5. The second kappa shape index (κ2) is 7.76. The maximum Gasteiger partial charge on any atom is 0.275 e. The summed E-state index contributed by atoms with van der Waals surface area (Å²) in [6.45, 7) is 1.88. The molecule has 0 spiro atoms. The van der Waals surface area contributed by atoms with Gasteiger partial charge in [0, 0.05) is 5.38 Å². The molecule has 3 rings (SSSR count). The number of benzene rings is 2. The monoisotopic (exact) mass is 388 g/mol. The molecule has 1 aromatic heterocycles. The second-order valence-corrected chi connectivity index (χ2v) is 6.71. The molecule has 0 aliphatic carbocycles. The third-order valence-corrected chi connectivity index (χ3v) is 5.19. The van der Waals surface area contributed by atoms with Gasteiger partial charge in [-0.15, -0.1) is 11.3 Å². The molecule has 0 aliphatic rings. The largest absolute Gasteiger partial charge is 0.493 e. The van der Waals surface area contributed by atoms with Crippen LogP contribution in [0.1, 0.15) is 16.1 Å². The van der Waals surface area contributed by atoms with Crippen molar-refractivity contribution in [3.8, 4) is 22.1 Å². The highest BCUT2D eigenvalue weighted by atomic mass is 35.5. The van der Waals surface area contributed by atoms with E-state index in [1.54, 1.807) is 25.7 Å². The lowest BCUT2D eigenvalue weighted by molar-refractivity contribution is 0.102. The topological polar surface area (TPSA) is 60.5 Å². The molecule has 5 nitrogen and oxygen atoms in total. The molecule has 0 saturated heterocycles. The number of thiazole rings is 1. The van der Waals surface area contributed by atoms with Gasteiger partial charge >= 0.3 is 0 Å². The predicted molar refractivity (Wildman–Crippen MR) is 105 cm³/mol. The first-order valence-corrected chi connectivity index (χ1v) is 9.04. The van der Waals surface area contributed by atoms with Crippen molar-refractivity contribution >= 4 is 34.5 Å². The van der Waals surface area contributed by atoms with Crippen LogP contribution in [0.5, 0.6) is 11.5 Å². The highest BCUT2D eigenvalue weighted by molar-refractivity contribution is 7.13. The molecule has 3 aromatic rings. The minimum absolute atomic E-state index is 0.312. The van der Waals surface area contributed by atoms with Crippen molar-refractivity contribution in [3.05, 3.63) is 58.1 Å². The Balaban J connectivity index is 1.88. The fourth-order valence-electron chi connectivity index (χ4n) is 2.49. The SMILES string of the molecule is COc1cccc(-c2nc(C(=O)Nc3cccc(C)c3Cl)cs2)c1OC. The van der Waals surface area contributed by atoms with E-state index in [9.17, 15) is 4.79 Å². The number of carbonyl (C=O) groups excluding carboxylic acids is 1. The lowest BCUT2D eigenvalue weighted by Gasteiger charge is -2.10. The van der Waals surface area contributed by atoms with E-state index in [0.29, 0.717) is 32.9 Å². The molecule has 1 N–H and O–H groups in total. The van der Waals surface area contributed by atoms with Crippen molar-refractivity contribution in [2.45, 2.75) is 6.92 Å². The number of aromatic nitrogens is 1. The van der Waals surface area contributed by atoms with Crippen LogP contribution in [-0.2, 0) is 0 Å². The molecule has 2 aromatic carbocycles. The molecule has 26 heavy (non-hydrogen) atoms. The minimum Gasteiger partial charge on any atom is -0.493 e. The molecular formula is C19H17ClN2O3S. The van der Waals surface area contributed by atoms with Crippen LogP contribution in [0, 0.1) is 6.92 Å². The summed E-state index contributed by atoms with van der Waals surface area (Å²) in [7, 11) is 3.15. The molecule has 1 amide bonds. The van der Waals surface area contributed by atoms with Gasteiger partial charge in [-0.3, -0.25) is 4.79 Å². The number of carbonyl (C=O) groups is 1. The summed E-state index contributed by atoms with van der Waals surface area (Å²) in [4.78, 5) is 17.0. The van der Waals surface area contributed by atoms with Gasteiger partial charge in [-0.2, -0.15) is 0 Å². The number of methoxy groups -OCH3 is 2. The van der Waals surface area contributed by atoms with E-state index >= 15 is 0 Å². The van der Waals surface area contributed by atoms with Crippen molar-refractivity contribution in [1.82, 2.24) is 4.98 Å². The number of aryl methyl sites for hydroxylation is 1. The van der Waals surface area contributed by atoms with Crippen LogP contribution in [0.25, 0.3) is 10.6 Å². The van der Waals surface area contributed by atoms with Gasteiger partial charge in [0.1, 0.15) is 10.7 Å². The highest BCUT2D eigenvalue weighted by Crippen LogP contribution is 2.39. The number of amides is 1. The Kier molecular flexibility index (Phi) is 5.44. The van der Waals surface area contributed by atoms with Crippen LogP contribution in [0.2, 0.25) is 5.02 Å². The first-order valence-electron chi connectivity index (χ1n) is 7.78. The fraction of sp³-hybridized carbons (Fsp3) is 0.158. The van der Waals surface area contributed by atoms with Crippen LogP contribution in [0.4, 0.5) is 5.69 Å². The zero-order valence-electron chi connectivity index (χ0n) is 14.5. The molecule has 0 radical (unpaired) electrons. The van der Waals surface area contributed by atoms with Crippen LogP contribution < -0.4 is 14.8 Å². The number of rotatable bonds is 5. The predicted octanol–water partition coefficient (Wildman–Crippen LogP) is 5.04. The maximum atomic E-state index is 12.5. The number of halogens is 1. The molecule has 1 heterocycles. The third-order valence-electron chi connectivity index (χ3n) is 3.81. The molecule has 0 unspecified atom stereocenters. The van der Waals surface area contributed by atoms with Gasteiger partial charge in [0.05, 0.1) is 30.5 Å². The lowest BCUT2D eigenvalue weighted by atomic mass is 10.2. The average molecular weight is 389 g/mol. The summed E-state index contributed by atoms with van der Waals surface area (Å²) in [5.41, 5.74) is 2.53. The quantitative estimate of drug-likeness (QED) is 0.665. The minimum atomic E-state index is -0.318. The third kappa shape index (κ3) is 3.52. The molecular weight excluding hydrogens is 372 g/mol. The zero-order valence-corrected chi connectivity index (χ0v) is 16.1. The van der Waals surface area contributed by atoms with Gasteiger partial charge in [-0.05, 0) is 30.7 Å². The number of nitrogens with one attached hydrogen (secondary N) is 1. The molecule has 0 bridgehead atoms. The molecule has 0 fully saturated rings. The Morgan fingerprint density at radius 2 is 1.92 bits per heavy atom. The van der Waals surface area contributed by atoms with Gasteiger partial charge < -0.3 is 14.8 Å². The molecule has 134 valence electrons. The summed E-state index contributed by atoms with van der Waals surface area (Å²) in [6.07, 6.45) is 0. The van der Waals surface area contributed by atoms with E-state index in [1.807, 2.05) is 37.3 Å². The van der Waals surface area contributed by atoms with Gasteiger partial charge in [0.15, 0.2) is 11.5 Å². The number of nitrogens with zero attached hydrogens (tertiary/aromatic N) is 1. The van der Waals surface area contributed by atoms with E-state index in [0.717, 1.165) is 11.1 Å². The van der Waals surface area contributed by atoms with E-state index in [1.165, 1.54) is 11.3 Å². The van der Waals surface area contributed by atoms with Crippen LogP contribution in [0.3, 0.4) is 0 Å². The van der Waals surface area contributed by atoms with Gasteiger partial charge in [-0.25, -0.2) is 4.98 Å². The van der Waals surface area contributed by atoms with Crippen LogP contribution in [0.15, 0.2) is 41.8 Å². The summed E-state index contributed by atoms with van der Waals surface area (Å²) >= 11 is 7.59. The molecule has 0 atom stereocenters. The number of para-hydroxylation sites is 1. The summed E-state index contributed by atoms with van der Waals surface area (Å²) < 4.78 is 10.8. The lowest BCUT2D eigenvalue weighted by Crippen LogP contribution is -2.12. The van der Waals surface area contributed by atoms with Crippen molar-refractivity contribution < 1.29 is 14.3 Å². The van der Waals surface area contributed by atoms with Crippen LogP contribution >= 0.6 is 22.9 Å². The zero-order chi connectivity index (χ0) is 18.7. The molecule has 0 aliphatic heterocycles. The Labute approximate surface area is 160 Å². The Hall–Kier alpha value is -2.57. The number of anilines is 1. The van der Waals surface area contributed by atoms with E-state index in [2.05, 4.69) is 10.3 Å². The standard InChI is InChI=1S/C19H17ClN2O3S/c1-11-6-4-8-13(16(11)20)21-18(23)14-10-26-19(22-14)12-7-5-9-15(24-2)17(12)25-3/h4-10H,1-3H3,(H,21,23). The Bertz CT molecular complexity index is 956. The molecule has 7 heteroatoms. The summed E-state index contributed by atoms with van der Waals surface area (Å²) in [6, 6.07) is 11.0. The second-order valence-electron chi connectivity index (χ2n) is 5.47. The van der Waals surface area contributed by atoms with Crippen molar-refractivity contribution in [2.75, 3.05) is 19.5 Å². The van der Waals surface area contributed by atoms with Gasteiger partial charge in [-0.1, -0.05) is 29.8 Å². The highest BCUT2D eigenvalue weighted by Gasteiger charge is 2.18. The average Bonchev–Trinajstić information content (AvgIpc) is 3.14. The van der Waals surface area contributed by atoms with Crippen molar-refractivity contribution in [3.63, 3.8) is 0 Å². The summed E-state index contributed by atoms with van der Waals surface area (Å²) in [5.74, 6) is 0.873. The van der Waals surface area contributed by atoms with Crippen LogP contribution in [-0.4, -0.2) is 25.1 Å². The first-order chi connectivity index (χ1) is 12.5. The van der Waals surface area contributed by atoms with Gasteiger partial charge in [0.2, 0.25) is 0 Å². The van der Waals surface area contributed by atoms with Crippen molar-refractivity contribution in [1.29, 1.82) is 0 Å². The normalized spacial score (nSPS) is 10.5. The first kappa shape index (κ1) is 18.2. The number of ether oxygens (including phenoxy) is 2. The Morgan fingerprint density at radius 1 is 1.15 bits per heavy atom. The van der Waals surface area contributed by atoms with Crippen molar-refractivity contribution in [2.24, 2.45) is 0 Å². The summed E-state index contributed by atoms with van der Waals surface area (Å²) in [5, 5.41) is 5.69. The smallest absolute Gasteiger partial charge is 0.275 e. The molecule has 0 saturated carbocycles. The maximum absolute atomic E-state index is 12.5. The Morgan fingerprint density at radius 3 is 2.65 bits per heavy atom.